The van der Waals surface area contributed by atoms with Gasteiger partial charge in [-0.25, -0.2) is 4.79 Å². The molecule has 2 saturated heterocycles. The van der Waals surface area contributed by atoms with Crippen molar-refractivity contribution < 1.29 is 9.53 Å². The second-order valence-corrected chi connectivity index (χ2v) is 6.71. The molecule has 9 nitrogen and oxygen atoms in total. The first kappa shape index (κ1) is 17.7. The SMILES string of the molecule is Nc1nc(N)nc(CN2CCCCC2COC(=O)N2CCCCC2)n1. The van der Waals surface area contributed by atoms with Crippen LogP contribution in [0.1, 0.15) is 44.3 Å². The summed E-state index contributed by atoms with van der Waals surface area (Å²) in [5.41, 5.74) is 11.3. The van der Waals surface area contributed by atoms with Gasteiger partial charge in [0.2, 0.25) is 11.9 Å². The molecule has 9 heteroatoms. The third-order valence-corrected chi connectivity index (χ3v) is 4.82. The van der Waals surface area contributed by atoms with Gasteiger partial charge >= 0.3 is 6.09 Å². The molecule has 3 rings (SSSR count). The predicted octanol–water partition coefficient (Wildman–Crippen LogP) is 1.01. The van der Waals surface area contributed by atoms with Crippen molar-refractivity contribution in [2.24, 2.45) is 0 Å². The zero-order valence-corrected chi connectivity index (χ0v) is 14.6. The lowest BCUT2D eigenvalue weighted by molar-refractivity contribution is 0.0426. The summed E-state index contributed by atoms with van der Waals surface area (Å²) in [6.07, 6.45) is 6.34. The van der Waals surface area contributed by atoms with Gasteiger partial charge in [0.25, 0.3) is 0 Å². The average molecular weight is 349 g/mol. The summed E-state index contributed by atoms with van der Waals surface area (Å²) in [4.78, 5) is 28.4. The first-order valence-electron chi connectivity index (χ1n) is 9.03. The van der Waals surface area contributed by atoms with Crippen molar-refractivity contribution in [3.63, 3.8) is 0 Å². The molecular weight excluding hydrogens is 322 g/mol. The maximum atomic E-state index is 12.2. The molecule has 1 atom stereocenters. The summed E-state index contributed by atoms with van der Waals surface area (Å²) in [7, 11) is 0. The Hall–Kier alpha value is -2.16. The molecule has 0 bridgehead atoms. The number of likely N-dealkylation sites (tertiary alicyclic amines) is 2. The number of hydrogen-bond acceptors (Lipinski definition) is 8. The van der Waals surface area contributed by atoms with E-state index in [2.05, 4.69) is 19.9 Å². The highest BCUT2D eigenvalue weighted by Crippen LogP contribution is 2.20. The Balaban J connectivity index is 1.56. The third kappa shape index (κ3) is 4.91. The fraction of sp³-hybridized carbons (Fsp3) is 0.750. The van der Waals surface area contributed by atoms with Crippen LogP contribution >= 0.6 is 0 Å². The van der Waals surface area contributed by atoms with Gasteiger partial charge in [-0.2, -0.15) is 15.0 Å². The van der Waals surface area contributed by atoms with E-state index in [1.807, 2.05) is 4.90 Å². The van der Waals surface area contributed by atoms with Crippen LogP contribution in [-0.2, 0) is 11.3 Å². The highest BCUT2D eigenvalue weighted by Gasteiger charge is 2.26. The normalized spacial score (nSPS) is 21.9. The molecule has 4 N–H and O–H groups in total. The molecule has 0 aliphatic carbocycles. The van der Waals surface area contributed by atoms with Gasteiger partial charge in [0, 0.05) is 19.1 Å². The maximum Gasteiger partial charge on any atom is 0.409 e. The van der Waals surface area contributed by atoms with Gasteiger partial charge in [-0.15, -0.1) is 0 Å². The molecule has 138 valence electrons. The van der Waals surface area contributed by atoms with Crippen molar-refractivity contribution in [1.82, 2.24) is 24.8 Å². The van der Waals surface area contributed by atoms with E-state index in [0.717, 1.165) is 51.7 Å². The number of piperidine rings is 2. The Morgan fingerprint density at radius 1 is 1.00 bits per heavy atom. The van der Waals surface area contributed by atoms with E-state index in [0.29, 0.717) is 19.0 Å². The number of carbonyl (C=O) groups is 1. The molecule has 3 heterocycles. The zero-order chi connectivity index (χ0) is 17.6. The summed E-state index contributed by atoms with van der Waals surface area (Å²) in [6.45, 7) is 3.44. The number of nitrogens with two attached hydrogens (primary N) is 2. The van der Waals surface area contributed by atoms with Gasteiger partial charge in [-0.1, -0.05) is 6.42 Å². The topological polar surface area (TPSA) is 123 Å². The quantitative estimate of drug-likeness (QED) is 0.825. The van der Waals surface area contributed by atoms with Gasteiger partial charge in [-0.3, -0.25) is 4.90 Å². The molecule has 0 radical (unpaired) electrons. The molecule has 0 aromatic carbocycles. The average Bonchev–Trinajstić information content (AvgIpc) is 2.60. The summed E-state index contributed by atoms with van der Waals surface area (Å²) < 4.78 is 5.58. The van der Waals surface area contributed by atoms with Gasteiger partial charge in [0.05, 0.1) is 6.54 Å². The number of amides is 1. The van der Waals surface area contributed by atoms with E-state index in [-0.39, 0.29) is 24.0 Å². The highest BCUT2D eigenvalue weighted by atomic mass is 16.6. The van der Waals surface area contributed by atoms with E-state index >= 15 is 0 Å². The predicted molar refractivity (Wildman–Crippen MR) is 93.5 cm³/mol. The smallest absolute Gasteiger partial charge is 0.409 e. The Kier molecular flexibility index (Phi) is 5.85. The van der Waals surface area contributed by atoms with Gasteiger partial charge in [-0.05, 0) is 38.6 Å². The Labute approximate surface area is 147 Å². The van der Waals surface area contributed by atoms with Crippen molar-refractivity contribution in [2.45, 2.75) is 51.1 Å². The Morgan fingerprint density at radius 3 is 2.40 bits per heavy atom. The number of anilines is 2. The van der Waals surface area contributed by atoms with Crippen molar-refractivity contribution in [2.75, 3.05) is 37.7 Å². The van der Waals surface area contributed by atoms with E-state index in [1.165, 1.54) is 6.42 Å². The number of nitrogen functional groups attached to an aromatic ring is 2. The summed E-state index contributed by atoms with van der Waals surface area (Å²) >= 11 is 0. The number of nitrogens with zero attached hydrogens (tertiary/aromatic N) is 5. The molecule has 25 heavy (non-hydrogen) atoms. The van der Waals surface area contributed by atoms with Gasteiger partial charge < -0.3 is 21.1 Å². The largest absolute Gasteiger partial charge is 0.448 e. The van der Waals surface area contributed by atoms with E-state index in [9.17, 15) is 4.79 Å². The summed E-state index contributed by atoms with van der Waals surface area (Å²) in [6, 6.07) is 0.168. The monoisotopic (exact) mass is 349 g/mol. The van der Waals surface area contributed by atoms with E-state index in [4.69, 9.17) is 16.2 Å². The molecule has 0 spiro atoms. The number of rotatable bonds is 4. The van der Waals surface area contributed by atoms with Crippen molar-refractivity contribution >= 4 is 18.0 Å². The van der Waals surface area contributed by atoms with Crippen molar-refractivity contribution in [3.05, 3.63) is 5.82 Å². The number of aromatic nitrogens is 3. The second kappa shape index (κ2) is 8.28. The van der Waals surface area contributed by atoms with Crippen LogP contribution in [0.25, 0.3) is 0 Å². The van der Waals surface area contributed by atoms with Crippen LogP contribution < -0.4 is 11.5 Å². The summed E-state index contributed by atoms with van der Waals surface area (Å²) in [5.74, 6) is 0.819. The molecule has 2 fully saturated rings. The number of hydrogen-bond donors (Lipinski definition) is 2. The van der Waals surface area contributed by atoms with Crippen LogP contribution in [-0.4, -0.2) is 63.1 Å². The first-order chi connectivity index (χ1) is 12.1. The van der Waals surface area contributed by atoms with E-state index < -0.39 is 0 Å². The molecule has 1 aromatic rings. The Bertz CT molecular complexity index is 572. The molecule has 0 saturated carbocycles. The fourth-order valence-corrected chi connectivity index (χ4v) is 3.50. The minimum atomic E-state index is -0.195. The Morgan fingerprint density at radius 2 is 1.68 bits per heavy atom. The van der Waals surface area contributed by atoms with Crippen LogP contribution in [0.3, 0.4) is 0 Å². The maximum absolute atomic E-state index is 12.2. The lowest BCUT2D eigenvalue weighted by Gasteiger charge is -2.35. The zero-order valence-electron chi connectivity index (χ0n) is 14.6. The molecule has 1 unspecified atom stereocenters. The van der Waals surface area contributed by atoms with Crippen molar-refractivity contribution in [3.8, 4) is 0 Å². The van der Waals surface area contributed by atoms with Crippen LogP contribution in [0, 0.1) is 0 Å². The minimum absolute atomic E-state index is 0.132. The molecule has 2 aliphatic heterocycles. The molecule has 1 aromatic heterocycles. The van der Waals surface area contributed by atoms with Gasteiger partial charge in [0.1, 0.15) is 12.4 Å². The number of ether oxygens (including phenoxy) is 1. The number of carbonyl (C=O) groups excluding carboxylic acids is 1. The standard InChI is InChI=1S/C16H27N7O2/c17-14-19-13(20-15(18)21-14)10-23-9-5-2-6-12(23)11-25-16(24)22-7-3-1-4-8-22/h12H,1-11H2,(H4,17,18,19,20,21). The lowest BCUT2D eigenvalue weighted by Crippen LogP contribution is -2.44. The molecule has 2 aliphatic rings. The van der Waals surface area contributed by atoms with Crippen LogP contribution in [0.4, 0.5) is 16.7 Å². The molecular formula is C16H27N7O2. The van der Waals surface area contributed by atoms with Crippen LogP contribution in [0.5, 0.6) is 0 Å². The van der Waals surface area contributed by atoms with Crippen LogP contribution in [0.2, 0.25) is 0 Å². The molecule has 1 amide bonds. The highest BCUT2D eigenvalue weighted by molar-refractivity contribution is 5.67. The van der Waals surface area contributed by atoms with Crippen molar-refractivity contribution in [1.29, 1.82) is 0 Å². The summed E-state index contributed by atoms with van der Waals surface area (Å²) in [5, 5.41) is 0. The first-order valence-corrected chi connectivity index (χ1v) is 9.03. The second-order valence-electron chi connectivity index (χ2n) is 6.71. The fourth-order valence-electron chi connectivity index (χ4n) is 3.50. The van der Waals surface area contributed by atoms with E-state index in [1.54, 1.807) is 0 Å². The lowest BCUT2D eigenvalue weighted by atomic mass is 10.0. The van der Waals surface area contributed by atoms with Gasteiger partial charge in [0.15, 0.2) is 0 Å². The van der Waals surface area contributed by atoms with Crippen LogP contribution in [0.15, 0.2) is 0 Å². The minimum Gasteiger partial charge on any atom is -0.448 e. The third-order valence-electron chi connectivity index (χ3n) is 4.82.